The summed E-state index contributed by atoms with van der Waals surface area (Å²) < 4.78 is 16.2. The van der Waals surface area contributed by atoms with Gasteiger partial charge in [0.1, 0.15) is 11.7 Å². The number of carbonyl (C=O) groups excluding carboxylic acids is 3. The Labute approximate surface area is 225 Å². The smallest absolute Gasteiger partial charge is 0.336 e. The molecular weight excluding hydrogens is 504 g/mol. The summed E-state index contributed by atoms with van der Waals surface area (Å²) in [6.07, 6.45) is 0.240. The van der Waals surface area contributed by atoms with Crippen LogP contribution in [0.15, 0.2) is 71.1 Å². The normalized spacial score (nSPS) is 20.6. The van der Waals surface area contributed by atoms with Crippen LogP contribution in [0.25, 0.3) is 0 Å². The van der Waals surface area contributed by atoms with E-state index in [4.69, 9.17) is 14.2 Å². The number of nitro groups is 1. The van der Waals surface area contributed by atoms with Crippen LogP contribution in [0, 0.1) is 16.0 Å². The lowest BCUT2D eigenvalue weighted by Gasteiger charge is -2.39. The molecule has 204 valence electrons. The van der Waals surface area contributed by atoms with Crippen LogP contribution in [0.5, 0.6) is 5.75 Å². The van der Waals surface area contributed by atoms with E-state index in [0.29, 0.717) is 28.3 Å². The fraction of sp³-hybridized carbons (Fsp3) is 0.345. The van der Waals surface area contributed by atoms with E-state index in [1.807, 2.05) is 6.07 Å². The summed E-state index contributed by atoms with van der Waals surface area (Å²) >= 11 is 0. The summed E-state index contributed by atoms with van der Waals surface area (Å²) in [6, 6.07) is 13.0. The zero-order chi connectivity index (χ0) is 28.3. The van der Waals surface area contributed by atoms with E-state index in [1.54, 1.807) is 45.0 Å². The predicted molar refractivity (Wildman–Crippen MR) is 141 cm³/mol. The molecule has 0 bridgehead atoms. The molecule has 1 heterocycles. The SMILES string of the molecule is CCOC(=O)C1=C(C)NC2=C(C(=O)C(C(=O)OCC)C(c3ccccc3OC)C2)C1c1cccc([N+](=O)[O-])c1. The van der Waals surface area contributed by atoms with Gasteiger partial charge in [-0.2, -0.15) is 0 Å². The van der Waals surface area contributed by atoms with Crippen molar-refractivity contribution in [1.29, 1.82) is 0 Å². The maximum Gasteiger partial charge on any atom is 0.336 e. The van der Waals surface area contributed by atoms with Gasteiger partial charge >= 0.3 is 11.9 Å². The molecule has 1 N–H and O–H groups in total. The number of Topliss-reactive ketones (excluding diaryl/α,β-unsaturated/α-hetero) is 1. The molecule has 2 aliphatic rings. The number of allylic oxidation sites excluding steroid dienone is 3. The number of ether oxygens (including phenoxy) is 3. The fourth-order valence-corrected chi connectivity index (χ4v) is 5.43. The van der Waals surface area contributed by atoms with Gasteiger partial charge in [-0.1, -0.05) is 30.3 Å². The largest absolute Gasteiger partial charge is 0.496 e. The summed E-state index contributed by atoms with van der Waals surface area (Å²) in [5, 5.41) is 14.8. The second kappa shape index (κ2) is 11.5. The highest BCUT2D eigenvalue weighted by Gasteiger charge is 2.49. The van der Waals surface area contributed by atoms with Gasteiger partial charge in [0, 0.05) is 40.9 Å². The first-order valence-electron chi connectivity index (χ1n) is 12.7. The second-order valence-electron chi connectivity index (χ2n) is 9.21. The first kappa shape index (κ1) is 27.6. The van der Waals surface area contributed by atoms with Crippen molar-refractivity contribution in [2.75, 3.05) is 20.3 Å². The molecule has 1 aliphatic heterocycles. The van der Waals surface area contributed by atoms with Gasteiger partial charge in [0.2, 0.25) is 0 Å². The molecule has 0 spiro atoms. The third-order valence-corrected chi connectivity index (χ3v) is 7.01. The van der Waals surface area contributed by atoms with Gasteiger partial charge in [-0.3, -0.25) is 19.7 Å². The number of hydrogen-bond donors (Lipinski definition) is 1. The third kappa shape index (κ3) is 5.14. The minimum absolute atomic E-state index is 0.0762. The van der Waals surface area contributed by atoms with Crippen molar-refractivity contribution in [3.05, 3.63) is 92.3 Å². The first-order chi connectivity index (χ1) is 18.7. The number of para-hydroxylation sites is 1. The molecule has 0 radical (unpaired) electrons. The zero-order valence-electron chi connectivity index (χ0n) is 22.2. The predicted octanol–water partition coefficient (Wildman–Crippen LogP) is 4.32. The molecule has 0 saturated heterocycles. The number of nitro benzene ring substituents is 1. The van der Waals surface area contributed by atoms with Gasteiger partial charge in [-0.05, 0) is 44.4 Å². The molecule has 2 aromatic carbocycles. The lowest BCUT2D eigenvalue weighted by atomic mass is 9.67. The molecule has 3 unspecified atom stereocenters. The van der Waals surface area contributed by atoms with Crippen LogP contribution in [-0.4, -0.2) is 43.0 Å². The zero-order valence-corrected chi connectivity index (χ0v) is 22.2. The number of benzene rings is 2. The van der Waals surface area contributed by atoms with Gasteiger partial charge in [0.15, 0.2) is 5.78 Å². The highest BCUT2D eigenvalue weighted by Crippen LogP contribution is 2.49. The van der Waals surface area contributed by atoms with Crippen molar-refractivity contribution in [3.8, 4) is 5.75 Å². The molecule has 0 saturated carbocycles. The number of esters is 2. The topological polar surface area (TPSA) is 134 Å². The van der Waals surface area contributed by atoms with Crippen LogP contribution in [0.4, 0.5) is 5.69 Å². The van der Waals surface area contributed by atoms with Crippen molar-refractivity contribution >= 4 is 23.4 Å². The van der Waals surface area contributed by atoms with Gasteiger partial charge < -0.3 is 19.5 Å². The van der Waals surface area contributed by atoms with Crippen molar-refractivity contribution in [1.82, 2.24) is 5.32 Å². The number of rotatable bonds is 8. The Morgan fingerprint density at radius 1 is 1.08 bits per heavy atom. The van der Waals surface area contributed by atoms with Gasteiger partial charge in [0.25, 0.3) is 5.69 Å². The van der Waals surface area contributed by atoms with Crippen LogP contribution in [0.3, 0.4) is 0 Å². The van der Waals surface area contributed by atoms with E-state index in [1.165, 1.54) is 25.3 Å². The average molecular weight is 535 g/mol. The molecule has 0 aromatic heterocycles. The molecule has 1 aliphatic carbocycles. The van der Waals surface area contributed by atoms with Gasteiger partial charge in [-0.15, -0.1) is 0 Å². The number of dihydropyridines is 1. The Morgan fingerprint density at radius 3 is 2.46 bits per heavy atom. The quantitative estimate of drug-likeness (QED) is 0.227. The molecular formula is C29H30N2O8. The minimum Gasteiger partial charge on any atom is -0.496 e. The Hall–Kier alpha value is -4.47. The Kier molecular flexibility index (Phi) is 8.13. The number of nitrogens with one attached hydrogen (secondary N) is 1. The highest BCUT2D eigenvalue weighted by atomic mass is 16.6. The number of non-ortho nitro benzene ring substituents is 1. The summed E-state index contributed by atoms with van der Waals surface area (Å²) in [4.78, 5) is 51.9. The summed E-state index contributed by atoms with van der Waals surface area (Å²) in [5.74, 6) is -4.15. The van der Waals surface area contributed by atoms with Crippen molar-refractivity contribution in [2.24, 2.45) is 5.92 Å². The van der Waals surface area contributed by atoms with Gasteiger partial charge in [-0.25, -0.2) is 4.79 Å². The molecule has 0 amide bonds. The van der Waals surface area contributed by atoms with E-state index in [0.717, 1.165) is 0 Å². The fourth-order valence-electron chi connectivity index (χ4n) is 5.43. The third-order valence-electron chi connectivity index (χ3n) is 7.01. The van der Waals surface area contributed by atoms with Crippen LogP contribution < -0.4 is 10.1 Å². The van der Waals surface area contributed by atoms with E-state index in [9.17, 15) is 24.5 Å². The average Bonchev–Trinajstić information content (AvgIpc) is 2.92. The highest BCUT2D eigenvalue weighted by molar-refractivity contribution is 6.13. The molecule has 10 nitrogen and oxygen atoms in total. The lowest BCUT2D eigenvalue weighted by molar-refractivity contribution is -0.384. The molecule has 4 rings (SSSR count). The number of methoxy groups -OCH3 is 1. The van der Waals surface area contributed by atoms with Crippen molar-refractivity contribution in [2.45, 2.75) is 39.0 Å². The monoisotopic (exact) mass is 534 g/mol. The van der Waals surface area contributed by atoms with Crippen molar-refractivity contribution < 1.29 is 33.5 Å². The summed E-state index contributed by atoms with van der Waals surface area (Å²) in [5.41, 5.74) is 2.18. The minimum atomic E-state index is -1.22. The number of nitrogens with zero attached hydrogens (tertiary/aromatic N) is 1. The van der Waals surface area contributed by atoms with E-state index in [2.05, 4.69) is 5.32 Å². The first-order valence-corrected chi connectivity index (χ1v) is 12.7. The molecule has 39 heavy (non-hydrogen) atoms. The molecule has 10 heteroatoms. The summed E-state index contributed by atoms with van der Waals surface area (Å²) in [7, 11) is 1.52. The molecule has 3 atom stereocenters. The van der Waals surface area contributed by atoms with Crippen molar-refractivity contribution in [3.63, 3.8) is 0 Å². The Balaban J connectivity index is 1.94. The number of hydrogen-bond acceptors (Lipinski definition) is 9. The second-order valence-corrected chi connectivity index (χ2v) is 9.21. The Morgan fingerprint density at radius 2 is 1.79 bits per heavy atom. The van der Waals surface area contributed by atoms with Crippen LogP contribution >= 0.6 is 0 Å². The number of carbonyl (C=O) groups is 3. The molecule has 2 aromatic rings. The van der Waals surface area contributed by atoms with Gasteiger partial charge in [0.05, 0.1) is 30.8 Å². The number of ketones is 1. The van der Waals surface area contributed by atoms with Crippen LogP contribution in [-0.2, 0) is 23.9 Å². The summed E-state index contributed by atoms with van der Waals surface area (Å²) in [6.45, 7) is 5.19. The van der Waals surface area contributed by atoms with E-state index >= 15 is 0 Å². The lowest BCUT2D eigenvalue weighted by Crippen LogP contribution is -2.43. The maximum atomic E-state index is 14.3. The van der Waals surface area contributed by atoms with Crippen LogP contribution in [0.2, 0.25) is 0 Å². The molecule has 0 fully saturated rings. The standard InChI is InChI=1S/C29H30N2O8/c1-5-38-28(33)23-16(3)30-21-15-20(19-12-7-8-13-22(19)37-4)25(29(34)39-6-2)27(32)26(21)24(23)17-10-9-11-18(14-17)31(35)36/h7-14,20,24-25,30H,5-6,15H2,1-4H3. The maximum absolute atomic E-state index is 14.3. The van der Waals surface area contributed by atoms with Crippen LogP contribution in [0.1, 0.15) is 50.2 Å². The van der Waals surface area contributed by atoms with E-state index in [-0.39, 0.29) is 36.5 Å². The van der Waals surface area contributed by atoms with E-state index < -0.39 is 40.4 Å². The Bertz CT molecular complexity index is 1390.